The number of hydrogen-bond donors (Lipinski definition) is 1. The molecule has 7 heteroatoms. The topological polar surface area (TPSA) is 80.8 Å². The number of rotatable bonds is 5. The maximum absolute atomic E-state index is 12.9. The van der Waals surface area contributed by atoms with E-state index < -0.39 is 0 Å². The summed E-state index contributed by atoms with van der Waals surface area (Å²) in [6, 6.07) is 10.3. The molecule has 1 aromatic carbocycles. The first-order chi connectivity index (χ1) is 11.7. The summed E-state index contributed by atoms with van der Waals surface area (Å²) in [5.74, 6) is 0.124. The molecule has 2 aromatic rings. The van der Waals surface area contributed by atoms with Gasteiger partial charge in [0.15, 0.2) is 0 Å². The zero-order valence-corrected chi connectivity index (χ0v) is 13.2. The summed E-state index contributed by atoms with van der Waals surface area (Å²) in [6.45, 7) is 0.660. The van der Waals surface area contributed by atoms with Crippen LogP contribution < -0.4 is 15.0 Å². The molecule has 0 radical (unpaired) electrons. The van der Waals surface area contributed by atoms with Crippen LogP contribution in [0.25, 0.3) is 0 Å². The van der Waals surface area contributed by atoms with Gasteiger partial charge in [0.05, 0.1) is 12.2 Å². The lowest BCUT2D eigenvalue weighted by atomic mass is 10.1. The number of ether oxygens (including phenoxy) is 2. The molecule has 2 heterocycles. The SMILES string of the molecule is COCCNC(=O)CN1C(=O)c2ccccc2Oc2ncccc21. The number of hydrogen-bond acceptors (Lipinski definition) is 5. The molecule has 1 N–H and O–H groups in total. The van der Waals surface area contributed by atoms with Gasteiger partial charge in [-0.1, -0.05) is 12.1 Å². The first-order valence-corrected chi connectivity index (χ1v) is 7.50. The van der Waals surface area contributed by atoms with Crippen molar-refractivity contribution in [1.29, 1.82) is 0 Å². The molecule has 0 bridgehead atoms. The molecule has 0 fully saturated rings. The third kappa shape index (κ3) is 3.21. The Labute approximate surface area is 139 Å². The summed E-state index contributed by atoms with van der Waals surface area (Å²) in [6.07, 6.45) is 1.58. The van der Waals surface area contributed by atoms with E-state index in [4.69, 9.17) is 9.47 Å². The minimum atomic E-state index is -0.306. The number of anilines is 1. The lowest BCUT2D eigenvalue weighted by Crippen LogP contribution is -2.41. The van der Waals surface area contributed by atoms with E-state index in [1.54, 1.807) is 49.7 Å². The predicted octanol–water partition coefficient (Wildman–Crippen LogP) is 1.60. The van der Waals surface area contributed by atoms with E-state index >= 15 is 0 Å². The van der Waals surface area contributed by atoms with Crippen LogP contribution in [0.1, 0.15) is 10.4 Å². The van der Waals surface area contributed by atoms with Crippen molar-refractivity contribution in [3.8, 4) is 11.6 Å². The van der Waals surface area contributed by atoms with Crippen LogP contribution in [0.5, 0.6) is 11.6 Å². The van der Waals surface area contributed by atoms with Crippen molar-refractivity contribution in [1.82, 2.24) is 10.3 Å². The molecule has 24 heavy (non-hydrogen) atoms. The molecule has 0 unspecified atom stereocenters. The molecule has 0 atom stereocenters. The van der Waals surface area contributed by atoms with Gasteiger partial charge in [-0.3, -0.25) is 14.5 Å². The fourth-order valence-electron chi connectivity index (χ4n) is 2.41. The molecule has 1 aliphatic rings. The van der Waals surface area contributed by atoms with E-state index in [1.165, 1.54) is 4.90 Å². The summed E-state index contributed by atoms with van der Waals surface area (Å²) in [4.78, 5) is 30.6. The van der Waals surface area contributed by atoms with E-state index in [0.717, 1.165) is 0 Å². The van der Waals surface area contributed by atoms with Gasteiger partial charge in [-0.05, 0) is 24.3 Å². The Kier molecular flexibility index (Phi) is 4.72. The molecule has 0 spiro atoms. The second kappa shape index (κ2) is 7.10. The number of benzene rings is 1. The first-order valence-electron chi connectivity index (χ1n) is 7.50. The van der Waals surface area contributed by atoms with Gasteiger partial charge < -0.3 is 14.8 Å². The number of para-hydroxylation sites is 1. The summed E-state index contributed by atoms with van der Waals surface area (Å²) < 4.78 is 10.7. The average molecular weight is 327 g/mol. The molecule has 1 aromatic heterocycles. The molecule has 2 amide bonds. The van der Waals surface area contributed by atoms with E-state index in [2.05, 4.69) is 10.3 Å². The van der Waals surface area contributed by atoms with Crippen molar-refractivity contribution in [3.05, 3.63) is 48.2 Å². The first kappa shape index (κ1) is 15.9. The summed E-state index contributed by atoms with van der Waals surface area (Å²) in [5.41, 5.74) is 0.848. The minimum absolute atomic E-state index is 0.126. The number of carbonyl (C=O) groups excluding carboxylic acids is 2. The average Bonchev–Trinajstić information content (AvgIpc) is 2.71. The van der Waals surface area contributed by atoms with Gasteiger partial charge in [-0.15, -0.1) is 0 Å². The van der Waals surface area contributed by atoms with Crippen molar-refractivity contribution >= 4 is 17.5 Å². The highest BCUT2D eigenvalue weighted by Crippen LogP contribution is 2.36. The highest BCUT2D eigenvalue weighted by Gasteiger charge is 2.29. The number of fused-ring (bicyclic) bond motifs is 2. The number of methoxy groups -OCH3 is 1. The number of carbonyl (C=O) groups is 2. The summed E-state index contributed by atoms with van der Waals surface area (Å²) >= 11 is 0. The number of aromatic nitrogens is 1. The van der Waals surface area contributed by atoms with Crippen LogP contribution in [0.15, 0.2) is 42.6 Å². The van der Waals surface area contributed by atoms with Crippen LogP contribution in [-0.4, -0.2) is 43.6 Å². The Bertz CT molecular complexity index is 763. The monoisotopic (exact) mass is 327 g/mol. The van der Waals surface area contributed by atoms with Crippen LogP contribution in [0.2, 0.25) is 0 Å². The third-order valence-corrected chi connectivity index (χ3v) is 3.54. The molecule has 124 valence electrons. The normalized spacial score (nSPS) is 12.7. The van der Waals surface area contributed by atoms with Crippen LogP contribution in [0.3, 0.4) is 0 Å². The number of pyridine rings is 1. The zero-order chi connectivity index (χ0) is 16.9. The molecule has 0 saturated heterocycles. The van der Waals surface area contributed by atoms with Gasteiger partial charge in [0.1, 0.15) is 18.0 Å². The molecular formula is C17H17N3O4. The van der Waals surface area contributed by atoms with Crippen LogP contribution in [0, 0.1) is 0 Å². The Morgan fingerprint density at radius 1 is 1.29 bits per heavy atom. The van der Waals surface area contributed by atoms with Crippen LogP contribution in [0.4, 0.5) is 5.69 Å². The lowest BCUT2D eigenvalue weighted by Gasteiger charge is -2.20. The van der Waals surface area contributed by atoms with Crippen molar-refractivity contribution < 1.29 is 19.1 Å². The Balaban J connectivity index is 1.92. The van der Waals surface area contributed by atoms with E-state index in [9.17, 15) is 9.59 Å². The van der Waals surface area contributed by atoms with Gasteiger partial charge in [-0.25, -0.2) is 4.98 Å². The Hall–Kier alpha value is -2.93. The maximum Gasteiger partial charge on any atom is 0.262 e. The second-order valence-electron chi connectivity index (χ2n) is 5.16. The number of nitrogens with one attached hydrogen (secondary N) is 1. The Morgan fingerprint density at radius 2 is 2.12 bits per heavy atom. The highest BCUT2D eigenvalue weighted by molar-refractivity contribution is 6.11. The predicted molar refractivity (Wildman–Crippen MR) is 87.3 cm³/mol. The number of amides is 2. The van der Waals surface area contributed by atoms with Crippen LogP contribution in [-0.2, 0) is 9.53 Å². The van der Waals surface area contributed by atoms with Crippen molar-refractivity contribution in [2.75, 3.05) is 31.7 Å². The minimum Gasteiger partial charge on any atom is -0.436 e. The molecule has 0 aliphatic carbocycles. The standard InChI is InChI=1S/C17H17N3O4/c1-23-10-9-18-15(21)11-20-13-6-4-8-19-16(13)24-14-7-3-2-5-12(14)17(20)22/h2-8H,9-11H2,1H3,(H,18,21). The zero-order valence-electron chi connectivity index (χ0n) is 13.2. The van der Waals surface area contributed by atoms with Gasteiger partial charge in [0.2, 0.25) is 11.8 Å². The van der Waals surface area contributed by atoms with Crippen molar-refractivity contribution in [3.63, 3.8) is 0 Å². The van der Waals surface area contributed by atoms with Crippen LogP contribution >= 0.6 is 0 Å². The highest BCUT2D eigenvalue weighted by atomic mass is 16.5. The summed E-state index contributed by atoms with van der Waals surface area (Å²) in [7, 11) is 1.56. The molecule has 3 rings (SSSR count). The second-order valence-corrected chi connectivity index (χ2v) is 5.16. The fourth-order valence-corrected chi connectivity index (χ4v) is 2.41. The molecule has 1 aliphatic heterocycles. The third-order valence-electron chi connectivity index (χ3n) is 3.54. The van der Waals surface area contributed by atoms with Gasteiger partial charge in [0.25, 0.3) is 5.91 Å². The smallest absolute Gasteiger partial charge is 0.262 e. The lowest BCUT2D eigenvalue weighted by molar-refractivity contribution is -0.119. The van der Waals surface area contributed by atoms with E-state index in [1.807, 2.05) is 0 Å². The Morgan fingerprint density at radius 3 is 2.96 bits per heavy atom. The largest absolute Gasteiger partial charge is 0.436 e. The molecular weight excluding hydrogens is 310 g/mol. The van der Waals surface area contributed by atoms with Gasteiger partial charge >= 0.3 is 0 Å². The molecule has 7 nitrogen and oxygen atoms in total. The van der Waals surface area contributed by atoms with E-state index in [0.29, 0.717) is 36.0 Å². The summed E-state index contributed by atoms with van der Waals surface area (Å²) in [5, 5.41) is 2.71. The van der Waals surface area contributed by atoms with Crippen molar-refractivity contribution in [2.24, 2.45) is 0 Å². The maximum atomic E-state index is 12.9. The quantitative estimate of drug-likeness (QED) is 0.844. The van der Waals surface area contributed by atoms with Gasteiger partial charge in [0, 0.05) is 19.9 Å². The van der Waals surface area contributed by atoms with Crippen molar-refractivity contribution in [2.45, 2.75) is 0 Å². The van der Waals surface area contributed by atoms with E-state index in [-0.39, 0.29) is 18.4 Å². The fraction of sp³-hybridized carbons (Fsp3) is 0.235. The number of nitrogens with zero attached hydrogens (tertiary/aromatic N) is 2. The van der Waals surface area contributed by atoms with Gasteiger partial charge in [-0.2, -0.15) is 0 Å². The molecule has 0 saturated carbocycles.